The van der Waals surface area contributed by atoms with Gasteiger partial charge in [0.1, 0.15) is 6.61 Å². The molecule has 0 radical (unpaired) electrons. The number of carboxylic acid groups (broad SMARTS) is 1. The van der Waals surface area contributed by atoms with Crippen LogP contribution in [-0.2, 0) is 28.6 Å². The molecule has 0 saturated carbocycles. The van der Waals surface area contributed by atoms with Gasteiger partial charge >= 0.3 is 17.9 Å². The van der Waals surface area contributed by atoms with Crippen molar-refractivity contribution in [2.45, 2.75) is 225 Å². The minimum atomic E-state index is -0.879. The van der Waals surface area contributed by atoms with Crippen molar-refractivity contribution in [1.29, 1.82) is 0 Å². The highest BCUT2D eigenvalue weighted by molar-refractivity contribution is 5.72. The zero-order valence-electron chi connectivity index (χ0n) is 43.1. The molecule has 2 atom stereocenters. The summed E-state index contributed by atoms with van der Waals surface area (Å²) in [6.07, 6.45) is 63.4. The number of nitrogens with zero attached hydrogens (tertiary/aromatic N) is 1. The van der Waals surface area contributed by atoms with Crippen LogP contribution in [0.25, 0.3) is 0 Å². The minimum Gasteiger partial charge on any atom is -0.477 e. The summed E-state index contributed by atoms with van der Waals surface area (Å²) in [5, 5.41) is 9.66. The van der Waals surface area contributed by atoms with Gasteiger partial charge in [-0.15, -0.1) is 0 Å². The number of hydrogen-bond acceptors (Lipinski definition) is 6. The Morgan fingerprint density at radius 1 is 0.485 bits per heavy atom. The van der Waals surface area contributed by atoms with Crippen LogP contribution in [0.1, 0.15) is 213 Å². The van der Waals surface area contributed by atoms with E-state index in [1.165, 1.54) is 103 Å². The molecule has 0 rings (SSSR count). The Bertz CT molecular complexity index is 1350. The molecule has 1 N–H and O–H groups in total. The fourth-order valence-electron chi connectivity index (χ4n) is 7.46. The minimum absolute atomic E-state index is 0.0524. The molecule has 0 aliphatic heterocycles. The summed E-state index contributed by atoms with van der Waals surface area (Å²) in [4.78, 5) is 37.2. The first-order chi connectivity index (χ1) is 32.1. The predicted octanol–water partition coefficient (Wildman–Crippen LogP) is 15.6. The quantitative estimate of drug-likeness (QED) is 0.0213. The number of carbonyl (C=O) groups is 3. The van der Waals surface area contributed by atoms with E-state index in [1.807, 2.05) is 21.1 Å². The maximum Gasteiger partial charge on any atom is 0.362 e. The van der Waals surface area contributed by atoms with Crippen LogP contribution in [0.4, 0.5) is 0 Å². The van der Waals surface area contributed by atoms with Gasteiger partial charge in [-0.05, 0) is 83.5 Å². The molecule has 2 unspecified atom stereocenters. The van der Waals surface area contributed by atoms with Crippen molar-refractivity contribution >= 4 is 17.9 Å². The highest BCUT2D eigenvalue weighted by atomic mass is 16.6. The fourth-order valence-corrected chi connectivity index (χ4v) is 7.46. The molecular formula is C58H100NO7+. The number of aliphatic carboxylic acids is 1. The third-order valence-electron chi connectivity index (χ3n) is 11.6. The second kappa shape index (κ2) is 48.0. The van der Waals surface area contributed by atoms with E-state index in [0.29, 0.717) is 19.3 Å². The van der Waals surface area contributed by atoms with Crippen LogP contribution >= 0.6 is 0 Å². The van der Waals surface area contributed by atoms with E-state index in [-0.39, 0.29) is 36.2 Å². The Kier molecular flexibility index (Phi) is 45.4. The fraction of sp³-hybridized carbons (Fsp3) is 0.707. The van der Waals surface area contributed by atoms with Crippen LogP contribution < -0.4 is 0 Å². The summed E-state index contributed by atoms with van der Waals surface area (Å²) in [6.45, 7) is 4.59. The molecule has 8 heteroatoms. The third kappa shape index (κ3) is 45.7. The Hall–Kier alpha value is -3.49. The topological polar surface area (TPSA) is 99.1 Å². The molecule has 0 aliphatic rings. The smallest absolute Gasteiger partial charge is 0.362 e. The van der Waals surface area contributed by atoms with Crippen molar-refractivity contribution in [2.75, 3.05) is 41.0 Å². The second-order valence-electron chi connectivity index (χ2n) is 18.8. The van der Waals surface area contributed by atoms with Crippen molar-refractivity contribution in [3.8, 4) is 0 Å². The van der Waals surface area contributed by atoms with Gasteiger partial charge in [-0.3, -0.25) is 9.59 Å². The molecular weight excluding hydrogens is 823 g/mol. The summed E-state index contributed by atoms with van der Waals surface area (Å²) in [7, 11) is 5.53. The van der Waals surface area contributed by atoms with Crippen LogP contribution in [0.5, 0.6) is 0 Å². The van der Waals surface area contributed by atoms with Crippen molar-refractivity contribution in [2.24, 2.45) is 0 Å². The van der Waals surface area contributed by atoms with Gasteiger partial charge in [0.2, 0.25) is 0 Å². The van der Waals surface area contributed by atoms with Crippen LogP contribution in [0.3, 0.4) is 0 Å². The Morgan fingerprint density at radius 2 is 0.894 bits per heavy atom. The number of esters is 2. The molecule has 0 aromatic carbocycles. The SMILES string of the molecule is CC/C=C/C/C=C/C/C=C/C/C=C/C/C=C/CCCCCCCCCC(=O)OCC(COCCC(C(=O)O)[N+](C)(C)C)OC(=O)CCCCCCCCCCCC/C=C/C=C/CCCCC. The van der Waals surface area contributed by atoms with Gasteiger partial charge in [-0.1, -0.05) is 195 Å². The number of quaternary nitrogens is 1. The Balaban J connectivity index is 4.26. The number of rotatable bonds is 47. The molecule has 0 aromatic rings. The number of likely N-dealkylation sites (N-methyl/N-ethyl adjacent to an activating group) is 1. The van der Waals surface area contributed by atoms with Crippen molar-refractivity contribution < 1.29 is 38.2 Å². The molecule has 0 amide bonds. The Morgan fingerprint density at radius 3 is 1.35 bits per heavy atom. The van der Waals surface area contributed by atoms with E-state index in [4.69, 9.17) is 14.2 Å². The maximum absolute atomic E-state index is 12.8. The lowest BCUT2D eigenvalue weighted by molar-refractivity contribution is -0.887. The molecule has 0 heterocycles. The lowest BCUT2D eigenvalue weighted by Crippen LogP contribution is -2.50. The zero-order chi connectivity index (χ0) is 48.4. The van der Waals surface area contributed by atoms with Gasteiger partial charge in [-0.25, -0.2) is 4.79 Å². The summed E-state index contributed by atoms with van der Waals surface area (Å²) in [5.41, 5.74) is 0. The third-order valence-corrected chi connectivity index (χ3v) is 11.6. The highest BCUT2D eigenvalue weighted by Gasteiger charge is 2.31. The molecule has 0 fully saturated rings. The van der Waals surface area contributed by atoms with Gasteiger partial charge in [0.25, 0.3) is 0 Å². The number of ether oxygens (including phenoxy) is 3. The standard InChI is InChI=1S/C58H99NO7/c1-6-8-10-12-14-16-18-20-22-24-26-27-28-29-31-32-34-36-38-40-42-44-46-48-56(60)65-53-54(52-64-51-50-55(58(62)63)59(3,4)5)66-57(61)49-47-45-43-41-39-37-35-33-30-25-23-21-19-17-15-13-11-9-7-2/h8,10,14-17,19-22,26-27,29,31,54-55H,6-7,9,11-13,18,23-25,28,30,32-53H2,1-5H3/p+1/b10-8+,16-14+,17-15+,21-19+,22-20+,27-26+,31-29+. The summed E-state index contributed by atoms with van der Waals surface area (Å²) >= 11 is 0. The van der Waals surface area contributed by atoms with E-state index in [2.05, 4.69) is 98.9 Å². The van der Waals surface area contributed by atoms with Gasteiger partial charge in [0.05, 0.1) is 34.4 Å². The first-order valence-corrected chi connectivity index (χ1v) is 26.6. The number of unbranched alkanes of at least 4 members (excludes halogenated alkanes) is 20. The van der Waals surface area contributed by atoms with Gasteiger partial charge in [0.15, 0.2) is 12.1 Å². The average Bonchev–Trinajstić information content (AvgIpc) is 3.28. The maximum atomic E-state index is 12.8. The lowest BCUT2D eigenvalue weighted by Gasteiger charge is -2.31. The summed E-state index contributed by atoms with van der Waals surface area (Å²) < 4.78 is 17.4. The Labute approximate surface area is 405 Å². The predicted molar refractivity (Wildman–Crippen MR) is 280 cm³/mol. The van der Waals surface area contributed by atoms with Gasteiger partial charge < -0.3 is 23.8 Å². The molecule has 0 saturated heterocycles. The summed E-state index contributed by atoms with van der Waals surface area (Å²) in [5.74, 6) is -1.49. The molecule has 0 aromatic heterocycles. The van der Waals surface area contributed by atoms with E-state index < -0.39 is 18.1 Å². The zero-order valence-corrected chi connectivity index (χ0v) is 43.1. The van der Waals surface area contributed by atoms with E-state index >= 15 is 0 Å². The van der Waals surface area contributed by atoms with Crippen molar-refractivity contribution in [1.82, 2.24) is 0 Å². The van der Waals surface area contributed by atoms with Crippen molar-refractivity contribution in [3.05, 3.63) is 85.1 Å². The molecule has 8 nitrogen and oxygen atoms in total. The molecule has 0 bridgehead atoms. The largest absolute Gasteiger partial charge is 0.477 e. The van der Waals surface area contributed by atoms with E-state index in [1.54, 1.807) is 0 Å². The van der Waals surface area contributed by atoms with Crippen LogP contribution in [0.15, 0.2) is 85.1 Å². The number of hydrogen-bond donors (Lipinski definition) is 1. The first kappa shape index (κ1) is 62.5. The van der Waals surface area contributed by atoms with Gasteiger partial charge in [0, 0.05) is 19.3 Å². The van der Waals surface area contributed by atoms with E-state index in [9.17, 15) is 19.5 Å². The number of carboxylic acids is 1. The van der Waals surface area contributed by atoms with E-state index in [0.717, 1.165) is 77.0 Å². The van der Waals surface area contributed by atoms with Crippen LogP contribution in [0.2, 0.25) is 0 Å². The van der Waals surface area contributed by atoms with Crippen molar-refractivity contribution in [3.63, 3.8) is 0 Å². The second-order valence-corrected chi connectivity index (χ2v) is 18.8. The molecule has 378 valence electrons. The molecule has 66 heavy (non-hydrogen) atoms. The molecule has 0 spiro atoms. The highest BCUT2D eigenvalue weighted by Crippen LogP contribution is 2.15. The number of allylic oxidation sites excluding steroid dienone is 14. The normalized spacial score (nSPS) is 13.5. The monoisotopic (exact) mass is 923 g/mol. The molecule has 0 aliphatic carbocycles. The van der Waals surface area contributed by atoms with Crippen LogP contribution in [-0.4, -0.2) is 80.6 Å². The first-order valence-electron chi connectivity index (χ1n) is 26.6. The van der Waals surface area contributed by atoms with Crippen LogP contribution in [0, 0.1) is 0 Å². The van der Waals surface area contributed by atoms with Gasteiger partial charge in [-0.2, -0.15) is 0 Å². The number of carbonyl (C=O) groups excluding carboxylic acids is 2. The summed E-state index contributed by atoms with van der Waals surface area (Å²) in [6, 6.07) is -0.622. The average molecular weight is 923 g/mol. The lowest BCUT2D eigenvalue weighted by atomic mass is 10.1.